The van der Waals surface area contributed by atoms with E-state index in [0.717, 1.165) is 18.2 Å². The van der Waals surface area contributed by atoms with Gasteiger partial charge < -0.3 is 49.6 Å². The zero-order valence-corrected chi connectivity index (χ0v) is 15.7. The molecular formula is C20H18O11. The van der Waals surface area contributed by atoms with Crippen LogP contribution in [0.4, 0.5) is 0 Å². The van der Waals surface area contributed by atoms with Crippen LogP contribution in [0.15, 0.2) is 39.5 Å². The van der Waals surface area contributed by atoms with Crippen molar-refractivity contribution in [3.05, 3.63) is 40.6 Å². The number of rotatable bonds is 3. The minimum atomic E-state index is -1.59. The lowest BCUT2D eigenvalue weighted by Crippen LogP contribution is -2.54. The Kier molecular flexibility index (Phi) is 5.11. The van der Waals surface area contributed by atoms with Gasteiger partial charge in [-0.25, -0.2) is 0 Å². The zero-order valence-electron chi connectivity index (χ0n) is 15.7. The van der Waals surface area contributed by atoms with Crippen LogP contribution in [-0.2, 0) is 4.74 Å². The number of ether oxygens (including phenoxy) is 2. The summed E-state index contributed by atoms with van der Waals surface area (Å²) in [6.07, 6.45) is -5.79. The molecule has 0 saturated carbocycles. The first-order valence-electron chi connectivity index (χ1n) is 9.05. The second kappa shape index (κ2) is 7.63. The monoisotopic (exact) mass is 434 g/mol. The highest BCUT2D eigenvalue weighted by Gasteiger charge is 2.39. The van der Waals surface area contributed by atoms with E-state index < -0.39 is 53.0 Å². The maximum atomic E-state index is 12.6. The molecule has 0 bridgehead atoms. The van der Waals surface area contributed by atoms with Crippen molar-refractivity contribution in [1.82, 2.24) is 0 Å². The summed E-state index contributed by atoms with van der Waals surface area (Å²) in [4.78, 5) is 12.6. The third-order valence-electron chi connectivity index (χ3n) is 4.87. The number of hydrogen-bond acceptors (Lipinski definition) is 11. The van der Waals surface area contributed by atoms with Crippen molar-refractivity contribution in [3.8, 4) is 40.1 Å². The summed E-state index contributed by atoms with van der Waals surface area (Å²) >= 11 is 0. The molecule has 7 N–H and O–H groups in total. The van der Waals surface area contributed by atoms with Crippen molar-refractivity contribution in [3.63, 3.8) is 0 Å². The minimum Gasteiger partial charge on any atom is -0.507 e. The van der Waals surface area contributed by atoms with E-state index in [1.807, 2.05) is 0 Å². The van der Waals surface area contributed by atoms with Gasteiger partial charge in [0.05, 0.1) is 6.61 Å². The van der Waals surface area contributed by atoms with Crippen LogP contribution in [0.3, 0.4) is 0 Å². The maximum Gasteiger partial charge on any atom is 0.238 e. The van der Waals surface area contributed by atoms with Gasteiger partial charge in [0.25, 0.3) is 0 Å². The summed E-state index contributed by atoms with van der Waals surface area (Å²) in [5.41, 5.74) is -1.09. The van der Waals surface area contributed by atoms with Crippen molar-refractivity contribution in [2.75, 3.05) is 6.61 Å². The van der Waals surface area contributed by atoms with E-state index in [1.54, 1.807) is 0 Å². The molecule has 11 heteroatoms. The summed E-state index contributed by atoms with van der Waals surface area (Å²) < 4.78 is 16.1. The Morgan fingerprint density at radius 3 is 2.35 bits per heavy atom. The average molecular weight is 434 g/mol. The Morgan fingerprint density at radius 1 is 0.903 bits per heavy atom. The van der Waals surface area contributed by atoms with Crippen LogP contribution in [0, 0.1) is 0 Å². The largest absolute Gasteiger partial charge is 0.507 e. The smallest absolute Gasteiger partial charge is 0.238 e. The Labute approximate surface area is 173 Å². The fraction of sp³-hybridized carbons (Fsp3) is 0.250. The van der Waals surface area contributed by atoms with Gasteiger partial charge in [0.2, 0.25) is 17.5 Å². The lowest BCUT2D eigenvalue weighted by atomic mass is 10.1. The number of fused-ring (bicyclic) bond motifs is 1. The molecule has 1 aliphatic rings. The van der Waals surface area contributed by atoms with E-state index in [-0.39, 0.29) is 34.6 Å². The number of hydrogen-bond donors (Lipinski definition) is 7. The Morgan fingerprint density at radius 2 is 1.65 bits per heavy atom. The molecule has 2 aromatic carbocycles. The van der Waals surface area contributed by atoms with Crippen LogP contribution in [0.2, 0.25) is 0 Å². The quantitative estimate of drug-likeness (QED) is 0.277. The molecule has 0 amide bonds. The predicted molar refractivity (Wildman–Crippen MR) is 103 cm³/mol. The summed E-state index contributed by atoms with van der Waals surface area (Å²) in [6, 6.07) is 5.70. The Bertz CT molecular complexity index is 1200. The summed E-state index contributed by atoms with van der Waals surface area (Å²) in [7, 11) is 0. The van der Waals surface area contributed by atoms with E-state index in [1.165, 1.54) is 12.1 Å². The van der Waals surface area contributed by atoms with Crippen molar-refractivity contribution >= 4 is 11.0 Å². The Balaban J connectivity index is 1.78. The summed E-state index contributed by atoms with van der Waals surface area (Å²) in [5, 5.41) is 68.6. The van der Waals surface area contributed by atoms with Crippen molar-refractivity contribution in [1.29, 1.82) is 0 Å². The molecule has 3 aromatic rings. The fourth-order valence-corrected chi connectivity index (χ4v) is 3.21. The summed E-state index contributed by atoms with van der Waals surface area (Å²) in [6.45, 7) is -0.306. The molecule has 11 nitrogen and oxygen atoms in total. The number of aliphatic hydroxyl groups excluding tert-OH is 3. The molecule has 1 aromatic heterocycles. The van der Waals surface area contributed by atoms with Crippen LogP contribution in [0.1, 0.15) is 0 Å². The molecular weight excluding hydrogens is 416 g/mol. The first-order valence-corrected chi connectivity index (χ1v) is 9.05. The number of phenolic OH excluding ortho intramolecular Hbond substituents is 3. The SMILES string of the molecule is O=c1c(O)c(-c2ccc(O)c(O)c2)oc2cc(O[C@@H]3OC[C@H](O)[C@H](O)[C@@H]3O)cc(O)c12. The highest BCUT2D eigenvalue weighted by Crippen LogP contribution is 2.38. The second-order valence-electron chi connectivity index (χ2n) is 7.00. The number of phenols is 3. The van der Waals surface area contributed by atoms with E-state index >= 15 is 0 Å². The first kappa shape index (κ1) is 20.8. The molecule has 1 aliphatic heterocycles. The molecule has 0 spiro atoms. The third-order valence-corrected chi connectivity index (χ3v) is 4.87. The third kappa shape index (κ3) is 3.59. The van der Waals surface area contributed by atoms with E-state index in [2.05, 4.69) is 0 Å². The van der Waals surface area contributed by atoms with Gasteiger partial charge in [0.15, 0.2) is 17.3 Å². The van der Waals surface area contributed by atoms with Gasteiger partial charge in [-0.1, -0.05) is 0 Å². The van der Waals surface area contributed by atoms with Crippen molar-refractivity contribution < 1.29 is 49.6 Å². The van der Waals surface area contributed by atoms with Gasteiger partial charge in [-0.3, -0.25) is 4.79 Å². The molecule has 0 radical (unpaired) electrons. The van der Waals surface area contributed by atoms with Gasteiger partial charge in [0.1, 0.15) is 40.8 Å². The molecule has 2 heterocycles. The van der Waals surface area contributed by atoms with E-state index in [9.17, 15) is 40.5 Å². The molecule has 4 atom stereocenters. The molecule has 1 fully saturated rings. The van der Waals surface area contributed by atoms with E-state index in [4.69, 9.17) is 13.9 Å². The van der Waals surface area contributed by atoms with Gasteiger partial charge in [-0.2, -0.15) is 0 Å². The average Bonchev–Trinajstić information content (AvgIpc) is 2.73. The highest BCUT2D eigenvalue weighted by atomic mass is 16.7. The van der Waals surface area contributed by atoms with Gasteiger partial charge in [-0.05, 0) is 18.2 Å². The fourth-order valence-electron chi connectivity index (χ4n) is 3.21. The molecule has 0 aliphatic carbocycles. The number of benzene rings is 2. The van der Waals surface area contributed by atoms with Gasteiger partial charge in [-0.15, -0.1) is 0 Å². The van der Waals surface area contributed by atoms with Crippen LogP contribution in [-0.4, -0.2) is 67.0 Å². The minimum absolute atomic E-state index is 0.0701. The lowest BCUT2D eigenvalue weighted by Gasteiger charge is -2.34. The number of aliphatic hydroxyl groups is 3. The van der Waals surface area contributed by atoms with Crippen molar-refractivity contribution in [2.45, 2.75) is 24.6 Å². The van der Waals surface area contributed by atoms with Gasteiger partial charge in [0, 0.05) is 17.7 Å². The molecule has 1 saturated heterocycles. The van der Waals surface area contributed by atoms with Crippen LogP contribution >= 0.6 is 0 Å². The summed E-state index contributed by atoms with van der Waals surface area (Å²) in [5.74, 6) is -2.79. The van der Waals surface area contributed by atoms with Gasteiger partial charge >= 0.3 is 0 Å². The highest BCUT2D eigenvalue weighted by molar-refractivity contribution is 5.88. The zero-order chi connectivity index (χ0) is 22.4. The molecule has 31 heavy (non-hydrogen) atoms. The topological polar surface area (TPSA) is 190 Å². The van der Waals surface area contributed by atoms with E-state index in [0.29, 0.717) is 0 Å². The van der Waals surface area contributed by atoms with Crippen LogP contribution in [0.25, 0.3) is 22.3 Å². The molecule has 0 unspecified atom stereocenters. The van der Waals surface area contributed by atoms with Crippen molar-refractivity contribution in [2.24, 2.45) is 0 Å². The lowest BCUT2D eigenvalue weighted by molar-refractivity contribution is -0.242. The predicted octanol–water partition coefficient (Wildman–Crippen LogP) is 0.100. The molecule has 164 valence electrons. The van der Waals surface area contributed by atoms with Crippen LogP contribution in [0.5, 0.6) is 28.7 Å². The molecule has 4 rings (SSSR count). The Hall–Kier alpha value is -3.51. The second-order valence-corrected chi connectivity index (χ2v) is 7.00. The number of aromatic hydroxyl groups is 4. The first-order chi connectivity index (χ1) is 14.7. The maximum absolute atomic E-state index is 12.6. The normalized spacial score (nSPS) is 23.7. The van der Waals surface area contributed by atoms with Crippen LogP contribution < -0.4 is 10.2 Å². The standard InChI is InChI=1S/C20H18O11/c21-9-2-1-7(3-10(9)22)19-17(27)16(26)14-11(23)4-8(5-13(14)31-19)30-20-18(28)15(25)12(24)6-29-20/h1-5,12,15,18,20-25,27-28H,6H2/t12-,15-,18-,20-/m0/s1.